The summed E-state index contributed by atoms with van der Waals surface area (Å²) >= 11 is 5.51. The van der Waals surface area contributed by atoms with Crippen LogP contribution < -0.4 is 0 Å². The van der Waals surface area contributed by atoms with Crippen LogP contribution in [-0.2, 0) is 0 Å². The van der Waals surface area contributed by atoms with Crippen LogP contribution in [0.2, 0.25) is 0 Å². The van der Waals surface area contributed by atoms with Gasteiger partial charge in [-0.3, -0.25) is 0 Å². The van der Waals surface area contributed by atoms with Crippen LogP contribution in [0.5, 0.6) is 0 Å². The van der Waals surface area contributed by atoms with Crippen LogP contribution in [-0.4, -0.2) is 0 Å². The van der Waals surface area contributed by atoms with E-state index in [4.69, 9.17) is 13.3 Å². The zero-order valence-corrected chi connectivity index (χ0v) is 15.2. The van der Waals surface area contributed by atoms with E-state index in [0.717, 1.165) is 32.9 Å². The minimum absolute atomic E-state index is 0.538. The number of hydrogen-bond donors (Lipinski definition) is 0. The van der Waals surface area contributed by atoms with Crippen molar-refractivity contribution in [1.82, 2.24) is 0 Å². The van der Waals surface area contributed by atoms with Gasteiger partial charge in [0, 0.05) is 21.0 Å². The lowest BCUT2D eigenvalue weighted by molar-refractivity contribution is 0.480. The average Bonchev–Trinajstić information content (AvgIpc) is 3.26. The van der Waals surface area contributed by atoms with Crippen molar-refractivity contribution in [3.8, 4) is 10.6 Å². The van der Waals surface area contributed by atoms with Gasteiger partial charge in [0.05, 0.1) is 13.6 Å². The van der Waals surface area contributed by atoms with Crippen molar-refractivity contribution in [2.45, 2.75) is 13.8 Å². The van der Waals surface area contributed by atoms with Crippen molar-refractivity contribution in [2.75, 3.05) is 0 Å². The van der Waals surface area contributed by atoms with Gasteiger partial charge in [-0.15, -0.1) is 34.0 Å². The van der Waals surface area contributed by atoms with E-state index >= 15 is 0 Å². The van der Waals surface area contributed by atoms with Gasteiger partial charge in [0.1, 0.15) is 16.9 Å². The molecular weight excluding hydrogens is 360 g/mol. The molecule has 0 aliphatic rings. The maximum absolute atomic E-state index is 6.10. The largest absolute Gasteiger partial charge is 0.451 e. The Bertz CT molecular complexity index is 1270. The monoisotopic (exact) mass is 370 g/mol. The van der Waals surface area contributed by atoms with E-state index in [0.29, 0.717) is 5.78 Å². The SMILES string of the molecule is Cc1cc2c(o1)oc1cc(-c3cc4c(s3)sc3cc(C)sc34)oc12. The molecule has 0 N–H and O–H groups in total. The Kier molecular flexibility index (Phi) is 2.40. The van der Waals surface area contributed by atoms with Crippen LogP contribution in [0, 0.1) is 13.8 Å². The fourth-order valence-corrected chi connectivity index (χ4v) is 7.02. The second-order valence-electron chi connectivity index (χ2n) is 5.93. The predicted molar refractivity (Wildman–Crippen MR) is 102 cm³/mol. The number of thiophene rings is 3. The van der Waals surface area contributed by atoms with Crippen molar-refractivity contribution in [3.63, 3.8) is 0 Å². The van der Waals surface area contributed by atoms with E-state index in [9.17, 15) is 0 Å². The highest BCUT2D eigenvalue weighted by Crippen LogP contribution is 2.47. The first kappa shape index (κ1) is 13.3. The summed E-state index contributed by atoms with van der Waals surface area (Å²) in [6.07, 6.45) is 0. The van der Waals surface area contributed by atoms with E-state index in [-0.39, 0.29) is 0 Å². The fourth-order valence-electron chi connectivity index (χ4n) is 3.17. The van der Waals surface area contributed by atoms with Crippen LogP contribution in [0.4, 0.5) is 0 Å². The van der Waals surface area contributed by atoms with E-state index in [2.05, 4.69) is 19.1 Å². The second kappa shape index (κ2) is 4.33. The number of hydrogen-bond acceptors (Lipinski definition) is 6. The lowest BCUT2D eigenvalue weighted by Gasteiger charge is -1.87. The lowest BCUT2D eigenvalue weighted by atomic mass is 10.3. The zero-order chi connectivity index (χ0) is 16.0. The molecule has 3 nitrogen and oxygen atoms in total. The van der Waals surface area contributed by atoms with Crippen LogP contribution in [0.3, 0.4) is 0 Å². The molecule has 0 atom stereocenters. The predicted octanol–water partition coefficient (Wildman–Crippen LogP) is 7.55. The summed E-state index contributed by atoms with van der Waals surface area (Å²) in [4.78, 5) is 2.50. The third-order valence-corrected chi connectivity index (χ3v) is 7.78. The molecule has 6 heteroatoms. The first-order valence-corrected chi connectivity index (χ1v) is 9.96. The van der Waals surface area contributed by atoms with Gasteiger partial charge in [-0.2, -0.15) is 0 Å². The van der Waals surface area contributed by atoms with Gasteiger partial charge in [-0.1, -0.05) is 0 Å². The first-order valence-electron chi connectivity index (χ1n) is 7.51. The van der Waals surface area contributed by atoms with Crippen LogP contribution in [0.15, 0.2) is 37.5 Å². The molecule has 0 unspecified atom stereocenters. The molecule has 0 fully saturated rings. The number of furan rings is 3. The van der Waals surface area contributed by atoms with Gasteiger partial charge in [-0.05, 0) is 32.0 Å². The third kappa shape index (κ3) is 1.65. The minimum Gasteiger partial charge on any atom is -0.451 e. The van der Waals surface area contributed by atoms with Crippen LogP contribution in [0.1, 0.15) is 10.6 Å². The third-order valence-electron chi connectivity index (χ3n) is 4.18. The molecule has 0 saturated carbocycles. The molecule has 6 heterocycles. The molecule has 0 spiro atoms. The van der Waals surface area contributed by atoms with Gasteiger partial charge in [0.2, 0.25) is 0 Å². The normalized spacial score (nSPS) is 12.6. The van der Waals surface area contributed by atoms with Crippen molar-refractivity contribution >= 4 is 75.1 Å². The van der Waals surface area contributed by atoms with E-state index in [1.54, 1.807) is 11.3 Å². The summed E-state index contributed by atoms with van der Waals surface area (Å²) < 4.78 is 21.5. The molecule has 0 saturated heterocycles. The molecule has 6 aromatic heterocycles. The summed E-state index contributed by atoms with van der Waals surface area (Å²) in [5.41, 5.74) is 1.51. The number of fused-ring (bicyclic) bond motifs is 6. The maximum Gasteiger partial charge on any atom is 0.301 e. The van der Waals surface area contributed by atoms with Crippen molar-refractivity contribution in [3.05, 3.63) is 34.9 Å². The Labute approximate surface area is 147 Å². The quantitative estimate of drug-likeness (QED) is 0.300. The topological polar surface area (TPSA) is 39.4 Å². The van der Waals surface area contributed by atoms with Gasteiger partial charge >= 0.3 is 5.78 Å². The number of aryl methyl sites for hydroxylation is 2. The molecule has 0 aliphatic heterocycles. The summed E-state index contributed by atoms with van der Waals surface area (Å²) in [6.45, 7) is 4.07. The highest BCUT2D eigenvalue weighted by atomic mass is 32.2. The Morgan fingerprint density at radius 1 is 0.833 bits per heavy atom. The first-order chi connectivity index (χ1) is 11.7. The van der Waals surface area contributed by atoms with E-state index in [1.165, 1.54) is 23.7 Å². The summed E-state index contributed by atoms with van der Waals surface area (Å²) in [5.74, 6) is 2.23. The van der Waals surface area contributed by atoms with E-state index in [1.807, 2.05) is 41.7 Å². The highest BCUT2D eigenvalue weighted by molar-refractivity contribution is 7.45. The molecule has 0 aromatic carbocycles. The molecular formula is C18H10O3S3. The van der Waals surface area contributed by atoms with Crippen LogP contribution in [0.25, 0.3) is 51.8 Å². The Morgan fingerprint density at radius 3 is 2.67 bits per heavy atom. The van der Waals surface area contributed by atoms with Crippen LogP contribution >= 0.6 is 34.0 Å². The van der Waals surface area contributed by atoms with Gasteiger partial charge in [0.25, 0.3) is 0 Å². The Hall–Kier alpha value is -2.02. The van der Waals surface area contributed by atoms with Gasteiger partial charge in [0.15, 0.2) is 11.2 Å². The summed E-state index contributed by atoms with van der Waals surface area (Å²) in [6, 6.07) is 8.44. The molecule has 118 valence electrons. The Morgan fingerprint density at radius 2 is 1.75 bits per heavy atom. The molecule has 6 aromatic rings. The molecule has 0 amide bonds. The minimum atomic E-state index is 0.538. The Balaban J connectivity index is 1.58. The van der Waals surface area contributed by atoms with Crippen molar-refractivity contribution in [1.29, 1.82) is 0 Å². The molecule has 6 rings (SSSR count). The molecule has 0 bridgehead atoms. The van der Waals surface area contributed by atoms with E-state index < -0.39 is 0 Å². The standard InChI is InChI=1S/C18H10O3S3/c1-7-3-9-15-12(21-17(9)19-7)6-11(20-15)13-5-10-16-14(4-8(2)22-16)24-18(10)23-13/h3-6H,1-2H3. The van der Waals surface area contributed by atoms with Crippen molar-refractivity contribution in [2.24, 2.45) is 0 Å². The zero-order valence-electron chi connectivity index (χ0n) is 12.8. The smallest absolute Gasteiger partial charge is 0.301 e. The lowest BCUT2D eigenvalue weighted by Crippen LogP contribution is -1.62. The molecule has 0 radical (unpaired) electrons. The molecule has 0 aliphatic carbocycles. The molecule has 24 heavy (non-hydrogen) atoms. The maximum atomic E-state index is 6.10. The second-order valence-corrected chi connectivity index (χ2v) is 9.55. The average molecular weight is 370 g/mol. The number of rotatable bonds is 1. The highest BCUT2D eigenvalue weighted by Gasteiger charge is 2.20. The summed E-state index contributed by atoms with van der Waals surface area (Å²) in [5, 5.41) is 2.24. The fraction of sp³-hybridized carbons (Fsp3) is 0.111. The summed E-state index contributed by atoms with van der Waals surface area (Å²) in [7, 11) is 0. The van der Waals surface area contributed by atoms with Crippen molar-refractivity contribution < 1.29 is 13.3 Å². The van der Waals surface area contributed by atoms with Gasteiger partial charge < -0.3 is 13.3 Å². The van der Waals surface area contributed by atoms with Gasteiger partial charge in [-0.25, -0.2) is 0 Å².